The summed E-state index contributed by atoms with van der Waals surface area (Å²) in [4.78, 5) is 27.0. The summed E-state index contributed by atoms with van der Waals surface area (Å²) >= 11 is 0. The van der Waals surface area contributed by atoms with E-state index in [1.54, 1.807) is 6.92 Å². The predicted octanol–water partition coefficient (Wildman–Crippen LogP) is 2.22. The second-order valence-corrected chi connectivity index (χ2v) is 6.21. The molecular weight excluding hydrogens is 264 g/mol. The fraction of sp³-hybridized carbons (Fsp3) is 0.529. The Morgan fingerprint density at radius 3 is 2.62 bits per heavy atom. The first kappa shape index (κ1) is 14.4. The van der Waals surface area contributed by atoms with Crippen molar-refractivity contribution in [1.29, 1.82) is 0 Å². The molecule has 4 nitrogen and oxygen atoms in total. The monoisotopic (exact) mass is 287 g/mol. The van der Waals surface area contributed by atoms with Crippen molar-refractivity contribution in [2.75, 3.05) is 32.7 Å². The quantitative estimate of drug-likeness (QED) is 0.800. The lowest BCUT2D eigenvalue weighted by molar-refractivity contribution is -0.127. The van der Waals surface area contributed by atoms with Gasteiger partial charge in [-0.25, -0.2) is 9.28 Å². The third-order valence-electron chi connectivity index (χ3n) is 4.93. The van der Waals surface area contributed by atoms with Crippen LogP contribution >= 0.6 is 0 Å². The molecule has 1 fully saturated rings. The van der Waals surface area contributed by atoms with Gasteiger partial charge in [0.15, 0.2) is 12.2 Å². The van der Waals surface area contributed by atoms with Gasteiger partial charge >= 0.3 is 5.91 Å². The fourth-order valence-corrected chi connectivity index (χ4v) is 3.63. The average molecular weight is 287 g/mol. The number of para-hydroxylation sites is 1. The van der Waals surface area contributed by atoms with E-state index in [1.165, 1.54) is 19.3 Å². The minimum Gasteiger partial charge on any atom is -0.298 e. The first-order chi connectivity index (χ1) is 10.1. The Morgan fingerprint density at radius 2 is 1.90 bits per heavy atom. The zero-order chi connectivity index (χ0) is 14.9. The third-order valence-corrected chi connectivity index (χ3v) is 4.93. The number of nitrogens with zero attached hydrogens (tertiary/aromatic N) is 2. The molecule has 0 radical (unpaired) electrons. The van der Waals surface area contributed by atoms with E-state index >= 15 is 0 Å². The fourth-order valence-electron chi connectivity index (χ4n) is 3.63. The van der Waals surface area contributed by atoms with E-state index in [2.05, 4.69) is 4.90 Å². The average Bonchev–Trinajstić information content (AvgIpc) is 2.81. The maximum atomic E-state index is 12.4. The highest BCUT2D eigenvalue weighted by Crippen LogP contribution is 2.34. The molecule has 1 unspecified atom stereocenters. The molecule has 21 heavy (non-hydrogen) atoms. The van der Waals surface area contributed by atoms with Gasteiger partial charge in [-0.1, -0.05) is 18.6 Å². The molecule has 4 heteroatoms. The van der Waals surface area contributed by atoms with Crippen molar-refractivity contribution in [3.63, 3.8) is 0 Å². The van der Waals surface area contributed by atoms with Crippen LogP contribution in [0.25, 0.3) is 0 Å². The Hall–Kier alpha value is -1.52. The number of carbonyl (C=O) groups is 2. The van der Waals surface area contributed by atoms with Gasteiger partial charge in [0, 0.05) is 12.6 Å². The van der Waals surface area contributed by atoms with Gasteiger partial charge in [-0.2, -0.15) is 0 Å². The first-order valence-electron chi connectivity index (χ1n) is 7.87. The smallest absolute Gasteiger partial charge is 0.298 e. The van der Waals surface area contributed by atoms with E-state index in [1.807, 2.05) is 24.3 Å². The van der Waals surface area contributed by atoms with Crippen LogP contribution in [0, 0.1) is 0 Å². The minimum atomic E-state index is 0.0744. The van der Waals surface area contributed by atoms with Gasteiger partial charge in [-0.3, -0.25) is 9.69 Å². The second-order valence-electron chi connectivity index (χ2n) is 6.21. The summed E-state index contributed by atoms with van der Waals surface area (Å²) in [6, 6.07) is 7.59. The van der Waals surface area contributed by atoms with Crippen LogP contribution < -0.4 is 4.48 Å². The number of Topliss-reactive ketones (excluding diaryl/α,β-unsaturated/α-hetero) is 1. The highest BCUT2D eigenvalue weighted by molar-refractivity contribution is 6.12. The lowest BCUT2D eigenvalue weighted by Gasteiger charge is -2.33. The number of ketones is 1. The number of piperidine rings is 1. The van der Waals surface area contributed by atoms with E-state index in [-0.39, 0.29) is 16.2 Å². The highest BCUT2D eigenvalue weighted by atomic mass is 16.2. The number of carbonyl (C=O) groups excluding carboxylic acids is 2. The summed E-state index contributed by atoms with van der Waals surface area (Å²) in [5.41, 5.74) is 1.62. The molecule has 0 aliphatic carbocycles. The van der Waals surface area contributed by atoms with Crippen molar-refractivity contribution >= 4 is 17.4 Å². The van der Waals surface area contributed by atoms with Crippen molar-refractivity contribution in [3.05, 3.63) is 29.8 Å². The predicted molar refractivity (Wildman–Crippen MR) is 83.3 cm³/mol. The summed E-state index contributed by atoms with van der Waals surface area (Å²) in [6.45, 7) is 5.74. The zero-order valence-corrected chi connectivity index (χ0v) is 12.7. The molecule has 2 heterocycles. The molecule has 0 aromatic heterocycles. The minimum absolute atomic E-state index is 0.0744. The van der Waals surface area contributed by atoms with Gasteiger partial charge in [0.1, 0.15) is 6.54 Å². The van der Waals surface area contributed by atoms with Crippen molar-refractivity contribution < 1.29 is 9.59 Å². The van der Waals surface area contributed by atoms with Crippen LogP contribution in [0.4, 0.5) is 5.69 Å². The Balaban J connectivity index is 1.84. The van der Waals surface area contributed by atoms with E-state index in [9.17, 15) is 9.59 Å². The number of hydrogen-bond acceptors (Lipinski definition) is 3. The van der Waals surface area contributed by atoms with Crippen LogP contribution in [-0.2, 0) is 4.79 Å². The molecule has 2 aliphatic heterocycles. The Labute approximate surface area is 125 Å². The second kappa shape index (κ2) is 5.70. The van der Waals surface area contributed by atoms with Gasteiger partial charge in [-0.05, 0) is 32.0 Å². The first-order valence-corrected chi connectivity index (χ1v) is 7.87. The van der Waals surface area contributed by atoms with Gasteiger partial charge in [-0.15, -0.1) is 0 Å². The van der Waals surface area contributed by atoms with Gasteiger partial charge in [0.25, 0.3) is 0 Å². The largest absolute Gasteiger partial charge is 0.316 e. The molecular formula is C17H23N2O2+. The molecule has 3 rings (SSSR count). The maximum absolute atomic E-state index is 12.4. The SMILES string of the molecule is CC(=O)[N+]1(CCN2CCCCC2)CC(=O)c2ccccc21. The lowest BCUT2D eigenvalue weighted by Crippen LogP contribution is -2.56. The van der Waals surface area contributed by atoms with Crippen LogP contribution in [0.1, 0.15) is 36.5 Å². The molecule has 1 aromatic rings. The number of quaternary nitrogens is 1. The molecule has 1 saturated heterocycles. The summed E-state index contributed by atoms with van der Waals surface area (Å²) in [5.74, 6) is 0.171. The summed E-state index contributed by atoms with van der Waals surface area (Å²) in [5, 5.41) is 0. The number of hydrogen-bond donors (Lipinski definition) is 0. The van der Waals surface area contributed by atoms with Crippen LogP contribution in [0.3, 0.4) is 0 Å². The van der Waals surface area contributed by atoms with Crippen molar-refractivity contribution in [2.24, 2.45) is 0 Å². The van der Waals surface area contributed by atoms with Gasteiger partial charge < -0.3 is 0 Å². The van der Waals surface area contributed by atoms with E-state index in [4.69, 9.17) is 0 Å². The standard InChI is InChI=1S/C17H23N2O2/c1-14(20)19(12-11-18-9-5-2-6-10-18)13-17(21)15-7-3-4-8-16(15)19/h3-4,7-8H,2,5-6,9-13H2,1H3/q+1. The van der Waals surface area contributed by atoms with Gasteiger partial charge in [0.2, 0.25) is 5.78 Å². The van der Waals surface area contributed by atoms with Crippen molar-refractivity contribution in [2.45, 2.75) is 26.2 Å². The van der Waals surface area contributed by atoms with E-state index < -0.39 is 0 Å². The molecule has 0 saturated carbocycles. The maximum Gasteiger partial charge on any atom is 0.316 e. The topological polar surface area (TPSA) is 37.4 Å². The van der Waals surface area contributed by atoms with Crippen LogP contribution in [0.15, 0.2) is 24.3 Å². The van der Waals surface area contributed by atoms with Crippen LogP contribution in [0.5, 0.6) is 0 Å². The Bertz CT molecular complexity index is 564. The van der Waals surface area contributed by atoms with E-state index in [0.29, 0.717) is 13.1 Å². The molecule has 1 amide bonds. The highest BCUT2D eigenvalue weighted by Gasteiger charge is 2.47. The zero-order valence-electron chi connectivity index (χ0n) is 12.7. The number of benzene rings is 1. The molecule has 1 aromatic carbocycles. The third kappa shape index (κ3) is 2.54. The van der Waals surface area contributed by atoms with Gasteiger partial charge in [0.05, 0.1) is 12.5 Å². The van der Waals surface area contributed by atoms with E-state index in [0.717, 1.165) is 30.9 Å². The number of likely N-dealkylation sites (tertiary alicyclic amines) is 1. The number of amides is 1. The summed E-state index contributed by atoms with van der Waals surface area (Å²) in [6.07, 6.45) is 3.80. The lowest BCUT2D eigenvalue weighted by atomic mass is 10.1. The van der Waals surface area contributed by atoms with Crippen molar-refractivity contribution in [3.8, 4) is 0 Å². The Kier molecular flexibility index (Phi) is 3.91. The number of fused-ring (bicyclic) bond motifs is 1. The normalized spacial score (nSPS) is 25.9. The van der Waals surface area contributed by atoms with Crippen molar-refractivity contribution in [1.82, 2.24) is 9.38 Å². The molecule has 2 aliphatic rings. The Morgan fingerprint density at radius 1 is 1.19 bits per heavy atom. The summed E-state index contributed by atoms with van der Waals surface area (Å²) < 4.78 is 0.200. The molecule has 0 spiro atoms. The molecule has 1 atom stereocenters. The number of rotatable bonds is 3. The van der Waals surface area contributed by atoms with Crippen LogP contribution in [0.2, 0.25) is 0 Å². The summed E-state index contributed by atoms with van der Waals surface area (Å²) in [7, 11) is 0. The van der Waals surface area contributed by atoms with Crippen LogP contribution in [-0.4, -0.2) is 49.3 Å². The molecule has 0 bridgehead atoms. The molecule has 112 valence electrons. The molecule has 0 N–H and O–H groups in total.